The van der Waals surface area contributed by atoms with Gasteiger partial charge in [-0.15, -0.1) is 0 Å². The van der Waals surface area contributed by atoms with Gasteiger partial charge < -0.3 is 32.9 Å². The quantitative estimate of drug-likeness (QED) is 0.149. The van der Waals surface area contributed by atoms with Crippen LogP contribution in [0.1, 0.15) is 62.6 Å². The van der Waals surface area contributed by atoms with Gasteiger partial charge in [-0.1, -0.05) is 18.2 Å². The average Bonchev–Trinajstić information content (AvgIpc) is 3.85. The van der Waals surface area contributed by atoms with Crippen LogP contribution >= 0.6 is 0 Å². The predicted octanol–water partition coefficient (Wildman–Crippen LogP) is 5.62. The topological polar surface area (TPSA) is 121 Å². The summed E-state index contributed by atoms with van der Waals surface area (Å²) in [4.78, 5) is 30.9. The fraction of sp³-hybridized carbons (Fsp3) is 0.576. The minimum Gasteiger partial charge on any atom is -0.497 e. The lowest BCUT2D eigenvalue weighted by atomic mass is 9.79. The van der Waals surface area contributed by atoms with Crippen LogP contribution in [0.3, 0.4) is 0 Å². The minimum atomic E-state index is -5.90. The van der Waals surface area contributed by atoms with Crippen LogP contribution in [0.15, 0.2) is 42.5 Å². The van der Waals surface area contributed by atoms with Crippen molar-refractivity contribution in [2.24, 2.45) is 5.92 Å². The highest BCUT2D eigenvalue weighted by Gasteiger charge is 2.49. The van der Waals surface area contributed by atoms with Crippen LogP contribution in [0.4, 0.5) is 18.0 Å². The summed E-state index contributed by atoms with van der Waals surface area (Å²) >= 11 is 0. The number of carbonyl (C=O) groups excluding carboxylic acids is 2. The van der Waals surface area contributed by atoms with E-state index in [1.165, 1.54) is 17.0 Å². The Bertz CT molecular complexity index is 1540. The molecule has 0 bridgehead atoms. The molecule has 2 atom stereocenters. The van der Waals surface area contributed by atoms with E-state index < -0.39 is 44.9 Å². The second-order valence-corrected chi connectivity index (χ2v) is 14.5. The SMILES string of the molecule is COCCOCc1cc(CN(C(=O)[C@H]2CN(C(=O)OC(C)(C)C)CC[C@@H]2c2cccc(OS(=O)(=O)C(F)(F)F)c2)C2CC2)cc(OC)c1. The van der Waals surface area contributed by atoms with E-state index in [0.29, 0.717) is 31.1 Å². The van der Waals surface area contributed by atoms with Crippen LogP contribution < -0.4 is 8.92 Å². The second kappa shape index (κ2) is 15.3. The minimum absolute atomic E-state index is 0.00965. The van der Waals surface area contributed by atoms with E-state index in [9.17, 15) is 31.2 Å². The number of piperidine rings is 1. The van der Waals surface area contributed by atoms with Crippen LogP contribution in [0.2, 0.25) is 0 Å². The van der Waals surface area contributed by atoms with Gasteiger partial charge in [0.25, 0.3) is 0 Å². The van der Waals surface area contributed by atoms with Crippen LogP contribution in [-0.4, -0.2) is 87.9 Å². The zero-order valence-electron chi connectivity index (χ0n) is 27.7. The average molecular weight is 701 g/mol. The number of benzene rings is 2. The van der Waals surface area contributed by atoms with Crippen molar-refractivity contribution in [2.45, 2.75) is 76.3 Å². The molecule has 4 rings (SSSR count). The molecule has 2 fully saturated rings. The second-order valence-electron chi connectivity index (χ2n) is 12.9. The molecular formula is C33H43F3N2O9S. The normalized spacial score (nSPS) is 18.7. The fourth-order valence-corrected chi connectivity index (χ4v) is 6.05. The summed E-state index contributed by atoms with van der Waals surface area (Å²) in [5.41, 5.74) is -4.31. The van der Waals surface area contributed by atoms with Crippen LogP contribution in [0.25, 0.3) is 0 Å². The van der Waals surface area contributed by atoms with Crippen molar-refractivity contribution in [2.75, 3.05) is 40.5 Å². The van der Waals surface area contributed by atoms with E-state index in [1.54, 1.807) is 46.0 Å². The van der Waals surface area contributed by atoms with Crippen molar-refractivity contribution in [3.8, 4) is 11.5 Å². The number of hydrogen-bond acceptors (Lipinski definition) is 9. The molecule has 1 aliphatic carbocycles. The summed E-state index contributed by atoms with van der Waals surface area (Å²) in [5, 5.41) is 0. The third-order valence-electron chi connectivity index (χ3n) is 7.94. The van der Waals surface area contributed by atoms with E-state index in [-0.39, 0.29) is 38.0 Å². The van der Waals surface area contributed by atoms with Crippen molar-refractivity contribution in [1.29, 1.82) is 0 Å². The van der Waals surface area contributed by atoms with Gasteiger partial charge in [0, 0.05) is 32.8 Å². The number of alkyl halides is 3. The van der Waals surface area contributed by atoms with Crippen molar-refractivity contribution in [3.63, 3.8) is 0 Å². The van der Waals surface area contributed by atoms with Gasteiger partial charge in [-0.25, -0.2) is 4.79 Å². The van der Waals surface area contributed by atoms with Crippen molar-refractivity contribution in [3.05, 3.63) is 59.2 Å². The Hall–Kier alpha value is -3.56. The molecule has 2 amide bonds. The van der Waals surface area contributed by atoms with Crippen LogP contribution in [0, 0.1) is 5.92 Å². The summed E-state index contributed by atoms with van der Waals surface area (Å²) in [5.74, 6) is -1.56. The lowest BCUT2D eigenvalue weighted by molar-refractivity contribution is -0.139. The van der Waals surface area contributed by atoms with E-state index >= 15 is 0 Å². The Morgan fingerprint density at radius 2 is 1.67 bits per heavy atom. The summed E-state index contributed by atoms with van der Waals surface area (Å²) in [6.45, 7) is 6.81. The molecule has 1 saturated carbocycles. The summed E-state index contributed by atoms with van der Waals surface area (Å²) < 4.78 is 88.9. The van der Waals surface area contributed by atoms with Gasteiger partial charge in [-0.3, -0.25) is 4.79 Å². The Labute approximate surface area is 279 Å². The third kappa shape index (κ3) is 9.98. The molecule has 0 unspecified atom stereocenters. The molecule has 0 radical (unpaired) electrons. The highest BCUT2D eigenvalue weighted by Crippen LogP contribution is 2.40. The Balaban J connectivity index is 1.65. The monoisotopic (exact) mass is 700 g/mol. The molecule has 15 heteroatoms. The van der Waals surface area contributed by atoms with Crippen molar-refractivity contribution < 1.29 is 54.3 Å². The lowest BCUT2D eigenvalue weighted by Crippen LogP contribution is -2.51. The molecule has 266 valence electrons. The first-order valence-electron chi connectivity index (χ1n) is 15.6. The highest BCUT2D eigenvalue weighted by molar-refractivity contribution is 7.88. The van der Waals surface area contributed by atoms with E-state index in [2.05, 4.69) is 4.18 Å². The third-order valence-corrected chi connectivity index (χ3v) is 8.92. The molecule has 1 heterocycles. The first-order chi connectivity index (χ1) is 22.5. The smallest absolute Gasteiger partial charge is 0.497 e. The number of halogens is 3. The molecule has 1 saturated heterocycles. The summed E-state index contributed by atoms with van der Waals surface area (Å²) in [6.07, 6.45) is 1.25. The first kappa shape index (κ1) is 37.3. The van der Waals surface area contributed by atoms with Crippen molar-refractivity contribution in [1.82, 2.24) is 9.80 Å². The highest BCUT2D eigenvalue weighted by atomic mass is 32.2. The number of nitrogens with zero attached hydrogens (tertiary/aromatic N) is 2. The number of carbonyl (C=O) groups is 2. The van der Waals surface area contributed by atoms with E-state index in [0.717, 1.165) is 30.0 Å². The van der Waals surface area contributed by atoms with Gasteiger partial charge in [-0.2, -0.15) is 21.6 Å². The number of methoxy groups -OCH3 is 2. The largest absolute Gasteiger partial charge is 0.534 e. The standard InChI is InChI=1S/C33H43F3N2O9S/c1-32(2,3)46-31(40)37-12-11-28(24-7-6-8-26(18-24)47-48(41,42)33(34,35)36)29(20-37)30(39)38(25-9-10-25)19-22-15-23(17-27(16-22)44-5)21-45-14-13-43-4/h6-8,15-18,25,28-29H,9-14,19-21H2,1-5H3/t28-,29+/m1/s1. The number of amides is 2. The Morgan fingerprint density at radius 1 is 0.958 bits per heavy atom. The molecule has 2 aromatic rings. The van der Waals surface area contributed by atoms with Gasteiger partial charge in [0.05, 0.1) is 32.8 Å². The van der Waals surface area contributed by atoms with Gasteiger partial charge in [-0.05, 0) is 86.9 Å². The molecule has 2 aromatic carbocycles. The summed E-state index contributed by atoms with van der Waals surface area (Å²) in [7, 11) is -2.77. The lowest BCUT2D eigenvalue weighted by Gasteiger charge is -2.40. The van der Waals surface area contributed by atoms with Crippen molar-refractivity contribution >= 4 is 22.1 Å². The van der Waals surface area contributed by atoms with Gasteiger partial charge in [0.2, 0.25) is 5.91 Å². The first-order valence-corrected chi connectivity index (χ1v) is 17.0. The Kier molecular flexibility index (Phi) is 11.9. The maximum atomic E-state index is 14.6. The number of likely N-dealkylation sites (tertiary alicyclic amines) is 1. The zero-order valence-corrected chi connectivity index (χ0v) is 28.6. The van der Waals surface area contributed by atoms with Crippen LogP contribution in [0.5, 0.6) is 11.5 Å². The summed E-state index contributed by atoms with van der Waals surface area (Å²) in [6, 6.07) is 10.9. The number of hydrogen-bond donors (Lipinski definition) is 0. The van der Waals surface area contributed by atoms with Gasteiger partial charge in [0.1, 0.15) is 17.1 Å². The molecule has 48 heavy (non-hydrogen) atoms. The number of ether oxygens (including phenoxy) is 4. The maximum Gasteiger partial charge on any atom is 0.534 e. The molecule has 11 nitrogen and oxygen atoms in total. The molecule has 0 aromatic heterocycles. The molecular weight excluding hydrogens is 657 g/mol. The van der Waals surface area contributed by atoms with Gasteiger partial charge >= 0.3 is 21.7 Å². The molecule has 1 aliphatic heterocycles. The maximum absolute atomic E-state index is 14.6. The zero-order chi connectivity index (χ0) is 35.3. The Morgan fingerprint density at radius 3 is 2.29 bits per heavy atom. The molecule has 2 aliphatic rings. The predicted molar refractivity (Wildman–Crippen MR) is 169 cm³/mol. The molecule has 0 N–H and O–H groups in total. The van der Waals surface area contributed by atoms with Crippen LogP contribution in [-0.2, 0) is 42.3 Å². The fourth-order valence-electron chi connectivity index (χ4n) is 5.60. The number of rotatable bonds is 13. The van der Waals surface area contributed by atoms with E-state index in [4.69, 9.17) is 18.9 Å². The van der Waals surface area contributed by atoms with E-state index in [1.807, 2.05) is 18.2 Å². The molecule has 0 spiro atoms. The van der Waals surface area contributed by atoms with Gasteiger partial charge in [0.15, 0.2) is 0 Å².